The molecule has 17 heavy (non-hydrogen) atoms. The number of hydrogen-bond acceptors (Lipinski definition) is 3. The van der Waals surface area contributed by atoms with Gasteiger partial charge in [-0.1, -0.05) is 13.0 Å². The van der Waals surface area contributed by atoms with Crippen LogP contribution in [-0.2, 0) is 6.42 Å². The predicted molar refractivity (Wildman–Crippen MR) is 73.3 cm³/mol. The molecule has 2 nitrogen and oxygen atoms in total. The third kappa shape index (κ3) is 3.65. The fourth-order valence-electron chi connectivity index (χ4n) is 1.96. The van der Waals surface area contributed by atoms with Crippen molar-refractivity contribution in [3.63, 3.8) is 0 Å². The van der Waals surface area contributed by atoms with Crippen LogP contribution in [0.2, 0.25) is 0 Å². The molecule has 1 N–H and O–H groups in total. The second-order valence-electron chi connectivity index (χ2n) is 4.07. The number of nitrogens with one attached hydrogen (secondary N) is 1. The van der Waals surface area contributed by atoms with Gasteiger partial charge in [-0.3, -0.25) is 4.98 Å². The smallest absolute Gasteiger partial charge is 0.0331 e. The van der Waals surface area contributed by atoms with Crippen LogP contribution in [0.25, 0.3) is 0 Å². The van der Waals surface area contributed by atoms with Crippen molar-refractivity contribution in [3.05, 3.63) is 52.5 Å². The molecular weight excluding hydrogens is 228 g/mol. The number of thiophene rings is 1. The van der Waals surface area contributed by atoms with E-state index in [1.165, 1.54) is 11.1 Å². The van der Waals surface area contributed by atoms with Gasteiger partial charge in [0.25, 0.3) is 0 Å². The van der Waals surface area contributed by atoms with Crippen LogP contribution in [0.1, 0.15) is 30.5 Å². The highest BCUT2D eigenvalue weighted by atomic mass is 32.1. The molecule has 0 fully saturated rings. The largest absolute Gasteiger partial charge is 0.310 e. The summed E-state index contributed by atoms with van der Waals surface area (Å²) in [6, 6.07) is 6.82. The molecule has 0 aliphatic heterocycles. The lowest BCUT2D eigenvalue weighted by Gasteiger charge is -2.16. The van der Waals surface area contributed by atoms with Crippen LogP contribution in [0.15, 0.2) is 41.4 Å². The molecule has 90 valence electrons. The lowest BCUT2D eigenvalue weighted by molar-refractivity contribution is 0.516. The Kier molecular flexibility index (Phi) is 4.71. The van der Waals surface area contributed by atoms with Crippen molar-refractivity contribution in [3.8, 4) is 0 Å². The standard InChI is InChI=1S/C14H18N2S/c1-2-16-14(13-7-9-17-11-13)6-5-12-4-3-8-15-10-12/h3-4,7-11,14,16H,2,5-6H2,1H3. The summed E-state index contributed by atoms with van der Waals surface area (Å²) in [5.41, 5.74) is 2.71. The van der Waals surface area contributed by atoms with Gasteiger partial charge < -0.3 is 5.32 Å². The molecule has 0 radical (unpaired) electrons. The van der Waals surface area contributed by atoms with Gasteiger partial charge in [0.15, 0.2) is 0 Å². The molecule has 2 rings (SSSR count). The molecule has 0 saturated heterocycles. The van der Waals surface area contributed by atoms with E-state index in [1.54, 1.807) is 11.3 Å². The molecule has 3 heteroatoms. The van der Waals surface area contributed by atoms with Gasteiger partial charge in [0.2, 0.25) is 0 Å². The monoisotopic (exact) mass is 246 g/mol. The molecule has 2 aromatic heterocycles. The summed E-state index contributed by atoms with van der Waals surface area (Å²) in [6.07, 6.45) is 5.97. The predicted octanol–water partition coefficient (Wildman–Crippen LogP) is 3.43. The Morgan fingerprint density at radius 2 is 2.35 bits per heavy atom. The molecule has 0 bridgehead atoms. The number of aryl methyl sites for hydroxylation is 1. The second kappa shape index (κ2) is 6.52. The first-order chi connectivity index (χ1) is 8.40. The quantitative estimate of drug-likeness (QED) is 0.844. The SMILES string of the molecule is CCNC(CCc1cccnc1)c1ccsc1. The van der Waals surface area contributed by atoms with Crippen molar-refractivity contribution < 1.29 is 0 Å². The molecule has 1 atom stereocenters. The highest BCUT2D eigenvalue weighted by molar-refractivity contribution is 7.07. The Hall–Kier alpha value is -1.19. The number of pyridine rings is 1. The highest BCUT2D eigenvalue weighted by Gasteiger charge is 2.10. The molecule has 1 unspecified atom stereocenters. The Morgan fingerprint density at radius 1 is 1.41 bits per heavy atom. The lowest BCUT2D eigenvalue weighted by Crippen LogP contribution is -2.21. The molecule has 0 spiro atoms. The number of aromatic nitrogens is 1. The van der Waals surface area contributed by atoms with Gasteiger partial charge in [-0.15, -0.1) is 0 Å². The topological polar surface area (TPSA) is 24.9 Å². The summed E-state index contributed by atoms with van der Waals surface area (Å²) in [6.45, 7) is 3.16. The molecular formula is C14H18N2S. The Balaban J connectivity index is 1.95. The zero-order valence-electron chi connectivity index (χ0n) is 10.1. The van der Waals surface area contributed by atoms with Gasteiger partial charge in [0.1, 0.15) is 0 Å². The van der Waals surface area contributed by atoms with Crippen molar-refractivity contribution in [2.45, 2.75) is 25.8 Å². The van der Waals surface area contributed by atoms with Crippen LogP contribution >= 0.6 is 11.3 Å². The van der Waals surface area contributed by atoms with Crippen LogP contribution in [0.4, 0.5) is 0 Å². The van der Waals surface area contributed by atoms with E-state index >= 15 is 0 Å². The third-order valence-electron chi connectivity index (χ3n) is 2.84. The normalized spacial score (nSPS) is 12.5. The maximum absolute atomic E-state index is 4.15. The first kappa shape index (κ1) is 12.3. The van der Waals surface area contributed by atoms with Crippen molar-refractivity contribution in [1.82, 2.24) is 10.3 Å². The van der Waals surface area contributed by atoms with Crippen LogP contribution in [-0.4, -0.2) is 11.5 Å². The number of hydrogen-bond donors (Lipinski definition) is 1. The minimum atomic E-state index is 0.464. The molecule has 0 amide bonds. The van der Waals surface area contributed by atoms with E-state index in [2.05, 4.69) is 40.1 Å². The Labute approximate surface area is 107 Å². The maximum Gasteiger partial charge on any atom is 0.0331 e. The fourth-order valence-corrected chi connectivity index (χ4v) is 2.68. The fraction of sp³-hybridized carbons (Fsp3) is 0.357. The number of rotatable bonds is 6. The summed E-state index contributed by atoms with van der Waals surface area (Å²) in [5, 5.41) is 7.92. The average molecular weight is 246 g/mol. The second-order valence-corrected chi connectivity index (χ2v) is 4.85. The van der Waals surface area contributed by atoms with Crippen LogP contribution in [0.3, 0.4) is 0 Å². The number of nitrogens with zero attached hydrogens (tertiary/aromatic N) is 1. The maximum atomic E-state index is 4.15. The lowest BCUT2D eigenvalue weighted by atomic mass is 10.0. The first-order valence-corrected chi connectivity index (χ1v) is 6.99. The van der Waals surface area contributed by atoms with Gasteiger partial charge >= 0.3 is 0 Å². The first-order valence-electron chi connectivity index (χ1n) is 6.04. The van der Waals surface area contributed by atoms with Gasteiger partial charge in [0.05, 0.1) is 0 Å². The van der Waals surface area contributed by atoms with Crippen LogP contribution in [0, 0.1) is 0 Å². The van der Waals surface area contributed by atoms with Crippen molar-refractivity contribution >= 4 is 11.3 Å². The molecule has 0 aliphatic rings. The van der Waals surface area contributed by atoms with Crippen molar-refractivity contribution in [2.75, 3.05) is 6.54 Å². The Morgan fingerprint density at radius 3 is 3.00 bits per heavy atom. The summed E-state index contributed by atoms with van der Waals surface area (Å²) in [4.78, 5) is 4.15. The van der Waals surface area contributed by atoms with Crippen molar-refractivity contribution in [1.29, 1.82) is 0 Å². The van der Waals surface area contributed by atoms with Gasteiger partial charge in [-0.25, -0.2) is 0 Å². The minimum absolute atomic E-state index is 0.464. The zero-order chi connectivity index (χ0) is 11.9. The molecule has 2 heterocycles. The summed E-state index contributed by atoms with van der Waals surface area (Å²) in [7, 11) is 0. The molecule has 0 aromatic carbocycles. The highest BCUT2D eigenvalue weighted by Crippen LogP contribution is 2.21. The Bertz CT molecular complexity index is 411. The summed E-state index contributed by atoms with van der Waals surface area (Å²) < 4.78 is 0. The molecule has 0 saturated carbocycles. The van der Waals surface area contributed by atoms with E-state index in [0.717, 1.165) is 19.4 Å². The van der Waals surface area contributed by atoms with Gasteiger partial charge in [-0.05, 0) is 53.4 Å². The van der Waals surface area contributed by atoms with E-state index in [4.69, 9.17) is 0 Å². The van der Waals surface area contributed by atoms with E-state index in [1.807, 2.05) is 18.5 Å². The van der Waals surface area contributed by atoms with E-state index in [0.29, 0.717) is 6.04 Å². The third-order valence-corrected chi connectivity index (χ3v) is 3.54. The molecule has 2 aromatic rings. The van der Waals surface area contributed by atoms with E-state index in [-0.39, 0.29) is 0 Å². The van der Waals surface area contributed by atoms with E-state index < -0.39 is 0 Å². The van der Waals surface area contributed by atoms with Crippen LogP contribution < -0.4 is 5.32 Å². The summed E-state index contributed by atoms with van der Waals surface area (Å²) >= 11 is 1.76. The average Bonchev–Trinajstić information content (AvgIpc) is 2.89. The van der Waals surface area contributed by atoms with E-state index in [9.17, 15) is 0 Å². The molecule has 0 aliphatic carbocycles. The van der Waals surface area contributed by atoms with Crippen molar-refractivity contribution in [2.24, 2.45) is 0 Å². The van der Waals surface area contributed by atoms with Gasteiger partial charge in [0, 0.05) is 18.4 Å². The zero-order valence-corrected chi connectivity index (χ0v) is 10.9. The van der Waals surface area contributed by atoms with Gasteiger partial charge in [-0.2, -0.15) is 11.3 Å². The minimum Gasteiger partial charge on any atom is -0.310 e. The summed E-state index contributed by atoms with van der Waals surface area (Å²) in [5.74, 6) is 0. The van der Waals surface area contributed by atoms with Crippen LogP contribution in [0.5, 0.6) is 0 Å².